The molecule has 114 valence electrons. The molecule has 0 fully saturated rings. The van der Waals surface area contributed by atoms with Crippen molar-refractivity contribution in [2.75, 3.05) is 5.73 Å². The van der Waals surface area contributed by atoms with E-state index in [1.54, 1.807) is 12.1 Å². The number of aromatic nitrogens is 1. The lowest BCUT2D eigenvalue weighted by Crippen LogP contribution is -2.25. The van der Waals surface area contributed by atoms with E-state index in [4.69, 9.17) is 5.73 Å². The van der Waals surface area contributed by atoms with Crippen molar-refractivity contribution in [3.63, 3.8) is 0 Å². The van der Waals surface area contributed by atoms with Crippen molar-refractivity contribution in [2.45, 2.75) is 0 Å². The van der Waals surface area contributed by atoms with Crippen LogP contribution in [0.25, 0.3) is 5.69 Å². The molecule has 0 spiro atoms. The van der Waals surface area contributed by atoms with E-state index in [1.165, 1.54) is 0 Å². The van der Waals surface area contributed by atoms with Gasteiger partial charge < -0.3 is 5.73 Å². The Hall–Kier alpha value is -2.19. The molecule has 0 bridgehead atoms. The van der Waals surface area contributed by atoms with Gasteiger partial charge in [-0.05, 0) is 34.7 Å². The minimum Gasteiger partial charge on any atom is -0.384 e. The summed E-state index contributed by atoms with van der Waals surface area (Å²) in [6.07, 6.45) is 0. The number of hydrogen-bond donors (Lipinski definition) is 2. The predicted molar refractivity (Wildman–Crippen MR) is 93.4 cm³/mol. The zero-order valence-corrected chi connectivity index (χ0v) is 14.9. The fourth-order valence-corrected chi connectivity index (χ4v) is 4.14. The van der Waals surface area contributed by atoms with E-state index in [2.05, 4.69) is 21.2 Å². The van der Waals surface area contributed by atoms with E-state index < -0.39 is 17.4 Å². The van der Waals surface area contributed by atoms with Gasteiger partial charge in [0.1, 0.15) is 11.9 Å². The van der Waals surface area contributed by atoms with Gasteiger partial charge in [0.15, 0.2) is 0 Å². The Morgan fingerprint density at radius 2 is 1.91 bits per heavy atom. The molecule has 0 unspecified atom stereocenters. The van der Waals surface area contributed by atoms with Crippen LogP contribution >= 0.6 is 38.5 Å². The molecule has 0 aliphatic carbocycles. The summed E-state index contributed by atoms with van der Waals surface area (Å²) in [4.78, 5) is 36.0. The molecule has 1 aliphatic rings. The van der Waals surface area contributed by atoms with Crippen LogP contribution in [0.5, 0.6) is 0 Å². The molecule has 3 rings (SSSR count). The Morgan fingerprint density at radius 1 is 1.22 bits per heavy atom. The number of halogens is 2. The molecule has 1 aromatic carbocycles. The molecule has 2 aromatic rings. The quantitative estimate of drug-likeness (QED) is 0.470. The third-order valence-corrected chi connectivity index (χ3v) is 4.61. The topological polar surface area (TPSA) is 118 Å². The molecule has 0 saturated carbocycles. The standard InChI is InChI=1S/C14H6BrIN4O3/c15-6-1-5(4-17)11(8(16)2-6)20-9(21)3-7-10(12(20)18)14(23)19-13(7)22/h1-3H,18H2,(H,19,22,23). The van der Waals surface area contributed by atoms with E-state index in [0.29, 0.717) is 8.04 Å². The van der Waals surface area contributed by atoms with Crippen LogP contribution in [0, 0.1) is 14.9 Å². The smallest absolute Gasteiger partial charge is 0.262 e. The zero-order valence-electron chi connectivity index (χ0n) is 11.2. The van der Waals surface area contributed by atoms with Crippen molar-refractivity contribution in [2.24, 2.45) is 0 Å². The molecule has 0 radical (unpaired) electrons. The van der Waals surface area contributed by atoms with E-state index in [1.807, 2.05) is 28.7 Å². The second-order valence-corrected chi connectivity index (χ2v) is 6.75. The van der Waals surface area contributed by atoms with Gasteiger partial charge in [-0.15, -0.1) is 0 Å². The van der Waals surface area contributed by atoms with Gasteiger partial charge in [0.05, 0.1) is 22.4 Å². The van der Waals surface area contributed by atoms with Crippen molar-refractivity contribution < 1.29 is 9.59 Å². The lowest BCUT2D eigenvalue weighted by molar-refractivity contribution is 0.0880. The van der Waals surface area contributed by atoms with Crippen LogP contribution in [-0.2, 0) is 0 Å². The summed E-state index contributed by atoms with van der Waals surface area (Å²) >= 11 is 5.25. The van der Waals surface area contributed by atoms with Gasteiger partial charge in [0.2, 0.25) is 0 Å². The van der Waals surface area contributed by atoms with Crippen molar-refractivity contribution in [3.05, 3.63) is 53.3 Å². The first-order valence-corrected chi connectivity index (χ1v) is 8.03. The van der Waals surface area contributed by atoms with Gasteiger partial charge in [0, 0.05) is 14.1 Å². The number of imide groups is 1. The largest absolute Gasteiger partial charge is 0.384 e. The van der Waals surface area contributed by atoms with E-state index in [9.17, 15) is 19.6 Å². The Labute approximate surface area is 151 Å². The number of hydrogen-bond acceptors (Lipinski definition) is 5. The molecule has 3 N–H and O–H groups in total. The highest BCUT2D eigenvalue weighted by atomic mass is 127. The molecule has 7 nitrogen and oxygen atoms in total. The van der Waals surface area contributed by atoms with Crippen LogP contribution in [0.3, 0.4) is 0 Å². The monoisotopic (exact) mass is 484 g/mol. The Morgan fingerprint density at radius 3 is 2.57 bits per heavy atom. The maximum Gasteiger partial charge on any atom is 0.262 e. The second-order valence-electron chi connectivity index (χ2n) is 4.67. The lowest BCUT2D eigenvalue weighted by atomic mass is 10.1. The first-order chi connectivity index (χ1) is 10.8. The van der Waals surface area contributed by atoms with Crippen molar-refractivity contribution in [1.29, 1.82) is 5.26 Å². The van der Waals surface area contributed by atoms with Gasteiger partial charge in [-0.1, -0.05) is 15.9 Å². The van der Waals surface area contributed by atoms with Crippen molar-refractivity contribution in [3.8, 4) is 11.8 Å². The van der Waals surface area contributed by atoms with Crippen LogP contribution in [0.15, 0.2) is 27.5 Å². The van der Waals surface area contributed by atoms with Crippen molar-refractivity contribution in [1.82, 2.24) is 9.88 Å². The molecule has 0 atom stereocenters. The molecular weight excluding hydrogens is 479 g/mol. The number of nitrogens with one attached hydrogen (secondary N) is 1. The number of rotatable bonds is 1. The highest BCUT2D eigenvalue weighted by molar-refractivity contribution is 14.1. The van der Waals surface area contributed by atoms with E-state index in [0.717, 1.165) is 10.6 Å². The highest BCUT2D eigenvalue weighted by Crippen LogP contribution is 2.29. The number of anilines is 1. The average Bonchev–Trinajstić information content (AvgIpc) is 2.75. The molecular formula is C14H6BrIN4O3. The molecule has 9 heteroatoms. The second kappa shape index (κ2) is 5.47. The first kappa shape index (κ1) is 15.7. The molecule has 0 saturated heterocycles. The average molecular weight is 485 g/mol. The number of carbonyl (C=O) groups is 2. The lowest BCUT2D eigenvalue weighted by Gasteiger charge is -2.15. The summed E-state index contributed by atoms with van der Waals surface area (Å²) < 4.78 is 2.33. The number of nitrogens with two attached hydrogens (primary N) is 1. The Balaban J connectivity index is 2.44. The number of carbonyl (C=O) groups excluding carboxylic acids is 2. The van der Waals surface area contributed by atoms with Gasteiger partial charge >= 0.3 is 0 Å². The van der Waals surface area contributed by atoms with Gasteiger partial charge in [-0.25, -0.2) is 0 Å². The first-order valence-electron chi connectivity index (χ1n) is 6.16. The fraction of sp³-hybridized carbons (Fsp3) is 0. The number of pyridine rings is 1. The summed E-state index contributed by atoms with van der Waals surface area (Å²) in [5.41, 5.74) is 5.75. The minimum absolute atomic E-state index is 0.0561. The number of amides is 2. The maximum absolute atomic E-state index is 12.4. The summed E-state index contributed by atoms with van der Waals surface area (Å²) in [5.74, 6) is -1.50. The summed E-state index contributed by atoms with van der Waals surface area (Å²) in [6.45, 7) is 0. The third kappa shape index (κ3) is 2.34. The summed E-state index contributed by atoms with van der Waals surface area (Å²) in [7, 11) is 0. The number of nitriles is 1. The molecule has 2 heterocycles. The Kier molecular flexibility index (Phi) is 3.73. The van der Waals surface area contributed by atoms with Crippen LogP contribution in [0.2, 0.25) is 0 Å². The van der Waals surface area contributed by atoms with Gasteiger partial charge in [0.25, 0.3) is 17.4 Å². The fourth-order valence-electron chi connectivity index (χ4n) is 2.39. The molecule has 1 aromatic heterocycles. The summed E-state index contributed by atoms with van der Waals surface area (Å²) in [6, 6.07) is 6.30. The van der Waals surface area contributed by atoms with Crippen LogP contribution < -0.4 is 16.6 Å². The molecule has 1 aliphatic heterocycles. The number of nitrogens with zero attached hydrogens (tertiary/aromatic N) is 2. The van der Waals surface area contributed by atoms with Gasteiger partial charge in [-0.2, -0.15) is 5.26 Å². The highest BCUT2D eigenvalue weighted by Gasteiger charge is 2.32. The Bertz CT molecular complexity index is 1010. The molecule has 23 heavy (non-hydrogen) atoms. The summed E-state index contributed by atoms with van der Waals surface area (Å²) in [5, 5.41) is 11.4. The third-order valence-electron chi connectivity index (χ3n) is 3.33. The van der Waals surface area contributed by atoms with Crippen LogP contribution in [0.1, 0.15) is 26.3 Å². The normalized spacial score (nSPS) is 12.7. The zero-order chi connectivity index (χ0) is 16.9. The SMILES string of the molecule is N#Cc1cc(Br)cc(I)c1-n1c(N)c2c(cc1=O)C(=O)NC2=O. The van der Waals surface area contributed by atoms with Crippen LogP contribution in [-0.4, -0.2) is 16.4 Å². The number of fused-ring (bicyclic) bond motifs is 1. The maximum atomic E-state index is 12.4. The predicted octanol–water partition coefficient (Wildman–Crippen LogP) is 1.54. The van der Waals surface area contributed by atoms with E-state index in [-0.39, 0.29) is 28.2 Å². The van der Waals surface area contributed by atoms with E-state index >= 15 is 0 Å². The van der Waals surface area contributed by atoms with Crippen LogP contribution in [0.4, 0.5) is 5.82 Å². The minimum atomic E-state index is -0.665. The number of benzene rings is 1. The number of nitrogen functional groups attached to an aromatic ring is 1. The van der Waals surface area contributed by atoms with Crippen molar-refractivity contribution >= 4 is 56.2 Å². The van der Waals surface area contributed by atoms with Gasteiger partial charge in [-0.3, -0.25) is 24.3 Å². The molecule has 2 amide bonds.